The summed E-state index contributed by atoms with van der Waals surface area (Å²) >= 11 is 0. The number of benzene rings is 1. The van der Waals surface area contributed by atoms with Gasteiger partial charge in [-0.05, 0) is 5.56 Å². The summed E-state index contributed by atoms with van der Waals surface area (Å²) < 4.78 is 3.04. The van der Waals surface area contributed by atoms with Gasteiger partial charge in [-0.3, -0.25) is 19.2 Å². The highest BCUT2D eigenvalue weighted by atomic mass is 16.3. The first-order chi connectivity index (χ1) is 13.6. The Labute approximate surface area is 161 Å². The molecule has 0 unspecified atom stereocenters. The molecule has 0 radical (unpaired) electrons. The predicted molar refractivity (Wildman–Crippen MR) is 107 cm³/mol. The Morgan fingerprint density at radius 2 is 1.82 bits per heavy atom. The van der Waals surface area contributed by atoms with E-state index in [-0.39, 0.29) is 13.2 Å². The molecule has 0 aliphatic carbocycles. The topological polar surface area (TPSA) is 99.4 Å². The van der Waals surface area contributed by atoms with Gasteiger partial charge in [0, 0.05) is 46.3 Å². The number of hydrogen-bond acceptors (Lipinski definition) is 6. The number of aliphatic hydroxyl groups excluding tert-OH is 1. The molecule has 0 saturated carbocycles. The second-order valence-electron chi connectivity index (χ2n) is 7.03. The standard InChI is InChI=1S/C19H24N6O3/c1-22-16-15(17(27)21-19(22)28)25(11-12-26)18(20-16)24-9-7-23(8-10-24)13-14-5-3-2-4-6-14/h2-6,26H,7-13H2,1H3,(H,21,27,28). The number of nitrogens with zero attached hydrogens (tertiary/aromatic N) is 5. The van der Waals surface area contributed by atoms with Crippen LogP contribution in [0.5, 0.6) is 0 Å². The summed E-state index contributed by atoms with van der Waals surface area (Å²) in [7, 11) is 1.58. The van der Waals surface area contributed by atoms with Crippen LogP contribution in [-0.4, -0.2) is 61.9 Å². The molecule has 28 heavy (non-hydrogen) atoms. The van der Waals surface area contributed by atoms with E-state index in [0.29, 0.717) is 17.1 Å². The molecular formula is C19H24N6O3. The highest BCUT2D eigenvalue weighted by Crippen LogP contribution is 2.21. The molecule has 2 aromatic heterocycles. The Hall–Kier alpha value is -2.91. The van der Waals surface area contributed by atoms with Crippen molar-refractivity contribution in [1.29, 1.82) is 0 Å². The molecule has 0 amide bonds. The highest BCUT2D eigenvalue weighted by Gasteiger charge is 2.24. The fraction of sp³-hybridized carbons (Fsp3) is 0.421. The van der Waals surface area contributed by atoms with Gasteiger partial charge in [-0.15, -0.1) is 0 Å². The van der Waals surface area contributed by atoms with Gasteiger partial charge in [0.05, 0.1) is 6.61 Å². The molecule has 1 aromatic carbocycles. The van der Waals surface area contributed by atoms with Gasteiger partial charge in [-0.1, -0.05) is 30.3 Å². The number of nitrogens with one attached hydrogen (secondary N) is 1. The smallest absolute Gasteiger partial charge is 0.329 e. The van der Waals surface area contributed by atoms with Crippen LogP contribution in [0.15, 0.2) is 39.9 Å². The Bertz CT molecular complexity index is 1080. The molecule has 1 saturated heterocycles. The van der Waals surface area contributed by atoms with E-state index in [1.54, 1.807) is 11.6 Å². The average molecular weight is 384 g/mol. The van der Waals surface area contributed by atoms with Crippen LogP contribution in [0.3, 0.4) is 0 Å². The van der Waals surface area contributed by atoms with Crippen molar-refractivity contribution in [2.45, 2.75) is 13.1 Å². The maximum atomic E-state index is 12.4. The molecule has 2 N–H and O–H groups in total. The van der Waals surface area contributed by atoms with Gasteiger partial charge in [0.25, 0.3) is 5.56 Å². The molecule has 1 fully saturated rings. The van der Waals surface area contributed by atoms with Crippen molar-refractivity contribution in [2.75, 3.05) is 37.7 Å². The Kier molecular flexibility index (Phi) is 5.01. The minimum atomic E-state index is -0.495. The monoisotopic (exact) mass is 384 g/mol. The Morgan fingerprint density at radius 3 is 2.50 bits per heavy atom. The fourth-order valence-corrected chi connectivity index (χ4v) is 3.72. The number of imidazole rings is 1. The van der Waals surface area contributed by atoms with Gasteiger partial charge in [0.2, 0.25) is 5.95 Å². The third-order valence-electron chi connectivity index (χ3n) is 5.21. The molecule has 9 nitrogen and oxygen atoms in total. The zero-order chi connectivity index (χ0) is 19.7. The first-order valence-electron chi connectivity index (χ1n) is 9.40. The lowest BCUT2D eigenvalue weighted by Crippen LogP contribution is -2.47. The molecular weight excluding hydrogens is 360 g/mol. The molecule has 0 atom stereocenters. The number of fused-ring (bicyclic) bond motifs is 1. The number of piperazine rings is 1. The van der Waals surface area contributed by atoms with E-state index < -0.39 is 11.2 Å². The summed E-state index contributed by atoms with van der Waals surface area (Å²) in [5.41, 5.74) is 0.963. The summed E-state index contributed by atoms with van der Waals surface area (Å²) in [4.78, 5) is 35.7. The van der Waals surface area contributed by atoms with E-state index in [9.17, 15) is 14.7 Å². The van der Waals surface area contributed by atoms with Crippen LogP contribution in [0.1, 0.15) is 5.56 Å². The largest absolute Gasteiger partial charge is 0.395 e. The van der Waals surface area contributed by atoms with Crippen LogP contribution in [0, 0.1) is 0 Å². The van der Waals surface area contributed by atoms with Crippen molar-refractivity contribution in [2.24, 2.45) is 7.05 Å². The van der Waals surface area contributed by atoms with E-state index in [2.05, 4.69) is 31.9 Å². The van der Waals surface area contributed by atoms with Crippen molar-refractivity contribution in [1.82, 2.24) is 24.0 Å². The molecule has 9 heteroatoms. The zero-order valence-corrected chi connectivity index (χ0v) is 15.8. The van der Waals surface area contributed by atoms with Gasteiger partial charge >= 0.3 is 5.69 Å². The van der Waals surface area contributed by atoms with Crippen LogP contribution >= 0.6 is 0 Å². The molecule has 0 bridgehead atoms. The minimum Gasteiger partial charge on any atom is -0.395 e. The highest BCUT2D eigenvalue weighted by molar-refractivity contribution is 5.74. The summed E-state index contributed by atoms with van der Waals surface area (Å²) in [6, 6.07) is 10.4. The number of aromatic nitrogens is 4. The zero-order valence-electron chi connectivity index (χ0n) is 15.8. The van der Waals surface area contributed by atoms with E-state index in [1.165, 1.54) is 10.1 Å². The molecule has 4 rings (SSSR count). The number of anilines is 1. The van der Waals surface area contributed by atoms with Gasteiger partial charge in [-0.2, -0.15) is 4.98 Å². The lowest BCUT2D eigenvalue weighted by Gasteiger charge is -2.35. The molecule has 1 aliphatic heterocycles. The van der Waals surface area contributed by atoms with E-state index in [1.807, 2.05) is 18.2 Å². The maximum Gasteiger partial charge on any atom is 0.329 e. The normalized spacial score (nSPS) is 15.4. The van der Waals surface area contributed by atoms with Crippen molar-refractivity contribution >= 4 is 17.1 Å². The SMILES string of the molecule is Cn1c(=O)[nH]c(=O)c2c1nc(N1CCN(Cc3ccccc3)CC1)n2CCO. The van der Waals surface area contributed by atoms with Crippen LogP contribution in [0.4, 0.5) is 5.95 Å². The van der Waals surface area contributed by atoms with Crippen LogP contribution < -0.4 is 16.1 Å². The van der Waals surface area contributed by atoms with E-state index in [4.69, 9.17) is 0 Å². The minimum absolute atomic E-state index is 0.116. The Balaban J connectivity index is 1.60. The van der Waals surface area contributed by atoms with Gasteiger partial charge in [0.1, 0.15) is 0 Å². The van der Waals surface area contributed by atoms with E-state index in [0.717, 1.165) is 32.7 Å². The number of aryl methyl sites for hydroxylation is 1. The lowest BCUT2D eigenvalue weighted by atomic mass is 10.2. The number of aromatic amines is 1. The first kappa shape index (κ1) is 18.5. The maximum absolute atomic E-state index is 12.4. The lowest BCUT2D eigenvalue weighted by molar-refractivity contribution is 0.246. The van der Waals surface area contributed by atoms with Crippen molar-refractivity contribution in [3.8, 4) is 0 Å². The molecule has 3 aromatic rings. The van der Waals surface area contributed by atoms with Gasteiger partial charge < -0.3 is 14.6 Å². The van der Waals surface area contributed by atoms with Crippen LogP contribution in [-0.2, 0) is 20.1 Å². The summed E-state index contributed by atoms with van der Waals surface area (Å²) in [6.45, 7) is 4.28. The number of rotatable bonds is 5. The molecule has 3 heterocycles. The van der Waals surface area contributed by atoms with Crippen molar-refractivity contribution < 1.29 is 5.11 Å². The average Bonchev–Trinajstić information content (AvgIpc) is 3.08. The second kappa shape index (κ2) is 7.61. The second-order valence-corrected chi connectivity index (χ2v) is 7.03. The quantitative estimate of drug-likeness (QED) is 0.629. The molecule has 1 aliphatic rings. The molecule has 148 valence electrons. The summed E-state index contributed by atoms with van der Waals surface area (Å²) in [5, 5.41) is 9.49. The van der Waals surface area contributed by atoms with Crippen LogP contribution in [0.2, 0.25) is 0 Å². The van der Waals surface area contributed by atoms with Crippen molar-refractivity contribution in [3.05, 3.63) is 56.7 Å². The number of H-pyrrole nitrogens is 1. The van der Waals surface area contributed by atoms with Gasteiger partial charge in [-0.25, -0.2) is 4.79 Å². The van der Waals surface area contributed by atoms with Crippen molar-refractivity contribution in [3.63, 3.8) is 0 Å². The first-order valence-corrected chi connectivity index (χ1v) is 9.40. The summed E-state index contributed by atoms with van der Waals surface area (Å²) in [5.74, 6) is 0.620. The van der Waals surface area contributed by atoms with Gasteiger partial charge in [0.15, 0.2) is 11.2 Å². The Morgan fingerprint density at radius 1 is 1.11 bits per heavy atom. The molecule has 0 spiro atoms. The summed E-state index contributed by atoms with van der Waals surface area (Å²) in [6.07, 6.45) is 0. The van der Waals surface area contributed by atoms with E-state index >= 15 is 0 Å². The fourth-order valence-electron chi connectivity index (χ4n) is 3.72. The number of hydrogen-bond donors (Lipinski definition) is 2. The third-order valence-corrected chi connectivity index (χ3v) is 5.21. The third kappa shape index (κ3) is 3.34. The number of aliphatic hydroxyl groups is 1. The van der Waals surface area contributed by atoms with Crippen LogP contribution in [0.25, 0.3) is 11.2 Å². The predicted octanol–water partition coefficient (Wildman–Crippen LogP) is -0.262.